The quantitative estimate of drug-likeness (QED) is 0.287. The number of esters is 1. The van der Waals surface area contributed by atoms with Gasteiger partial charge in [0.2, 0.25) is 0 Å². The second kappa shape index (κ2) is 16.7. The molecule has 0 bridgehead atoms. The number of aliphatic carboxylic acids is 1. The first-order valence-electron chi connectivity index (χ1n) is 10.1. The molecule has 0 spiro atoms. The summed E-state index contributed by atoms with van der Waals surface area (Å²) >= 11 is 0. The van der Waals surface area contributed by atoms with E-state index < -0.39 is 47.8 Å². The predicted molar refractivity (Wildman–Crippen MR) is 109 cm³/mol. The van der Waals surface area contributed by atoms with Crippen molar-refractivity contribution in [1.82, 2.24) is 0 Å². The Morgan fingerprint density at radius 3 is 1.50 bits per heavy atom. The van der Waals surface area contributed by atoms with E-state index >= 15 is 0 Å². The summed E-state index contributed by atoms with van der Waals surface area (Å²) in [5.74, 6) is -5.65. The molecular formula is C22H21F8LiO7. The molecule has 2 N–H and O–H groups in total. The van der Waals surface area contributed by atoms with Crippen molar-refractivity contribution in [2.24, 2.45) is 0 Å². The number of aryl methyl sites for hydroxylation is 2. The van der Waals surface area contributed by atoms with Crippen LogP contribution in [0.15, 0.2) is 36.4 Å². The van der Waals surface area contributed by atoms with Crippen molar-refractivity contribution < 1.29 is 88.4 Å². The van der Waals surface area contributed by atoms with Crippen LogP contribution in [0.5, 0.6) is 11.5 Å². The maximum Gasteiger partial charge on any atom is 1.00 e. The Hall–Kier alpha value is -3.02. The van der Waals surface area contributed by atoms with Crippen LogP contribution in [0.1, 0.15) is 30.9 Å². The molecule has 0 fully saturated rings. The van der Waals surface area contributed by atoms with Gasteiger partial charge in [0, 0.05) is 12.8 Å². The minimum absolute atomic E-state index is 0. The molecule has 0 atom stereocenters. The fourth-order valence-corrected chi connectivity index (χ4v) is 2.55. The van der Waals surface area contributed by atoms with Crippen molar-refractivity contribution in [2.45, 2.75) is 45.3 Å². The number of rotatable bonds is 9. The average Bonchev–Trinajstić information content (AvgIpc) is 2.73. The number of hydrogen-bond acceptors (Lipinski definition) is 6. The third kappa shape index (κ3) is 16.0. The van der Waals surface area contributed by atoms with Gasteiger partial charge in [-0.2, -0.15) is 0 Å². The van der Waals surface area contributed by atoms with Crippen LogP contribution in [-0.4, -0.2) is 41.9 Å². The number of ether oxygens (including phenoxy) is 3. The van der Waals surface area contributed by atoms with Gasteiger partial charge in [0.15, 0.2) is 23.1 Å². The SMILES string of the molecule is CCOC(=O)CCc1ccc(OC(F)(F)F)c(F)c1.O=C(O)CCc1ccc(OC(F)(F)F)c(F)c1.[Li+].[OH-]. The number of benzene rings is 2. The van der Waals surface area contributed by atoms with Crippen LogP contribution in [0.2, 0.25) is 0 Å². The van der Waals surface area contributed by atoms with E-state index in [1.165, 1.54) is 12.1 Å². The number of alkyl halides is 6. The summed E-state index contributed by atoms with van der Waals surface area (Å²) in [6.07, 6.45) is -9.86. The summed E-state index contributed by atoms with van der Waals surface area (Å²) in [4.78, 5) is 21.3. The number of hydrogen-bond donors (Lipinski definition) is 1. The fourth-order valence-electron chi connectivity index (χ4n) is 2.55. The topological polar surface area (TPSA) is 112 Å². The van der Waals surface area contributed by atoms with E-state index in [0.717, 1.165) is 24.3 Å². The molecule has 2 aromatic carbocycles. The molecular weight excluding hydrogens is 535 g/mol. The molecule has 0 saturated carbocycles. The molecule has 0 aliphatic heterocycles. The number of halogens is 8. The standard InChI is InChI=1S/C12H12F4O3.C10H8F4O3.Li.H2O/c1-2-18-11(17)6-4-8-3-5-10(9(13)7-8)19-12(14,15)16;11-7-5-6(2-4-9(15)16)1-3-8(7)17-10(12,13)14;;/h3,5,7H,2,4,6H2,1H3;1,3,5H,2,4H2,(H,15,16);;1H2/q;;+1;/p-1. The van der Waals surface area contributed by atoms with E-state index in [-0.39, 0.29) is 56.6 Å². The Bertz CT molecular complexity index is 1030. The molecule has 0 amide bonds. The smallest absolute Gasteiger partial charge is 0.870 e. The molecule has 0 unspecified atom stereocenters. The summed E-state index contributed by atoms with van der Waals surface area (Å²) in [6.45, 7) is 1.90. The first-order valence-corrected chi connectivity index (χ1v) is 10.1. The zero-order chi connectivity index (χ0) is 27.5. The summed E-state index contributed by atoms with van der Waals surface area (Å²) in [5, 5.41) is 8.38. The van der Waals surface area contributed by atoms with E-state index in [2.05, 4.69) is 14.2 Å². The molecule has 0 aliphatic rings. The monoisotopic (exact) mass is 556 g/mol. The van der Waals surface area contributed by atoms with Crippen molar-refractivity contribution in [2.75, 3.05) is 6.61 Å². The maximum atomic E-state index is 13.3. The minimum atomic E-state index is -4.95. The second-order valence-corrected chi connectivity index (χ2v) is 6.82. The van der Waals surface area contributed by atoms with Gasteiger partial charge in [0.1, 0.15) is 0 Å². The number of carboxylic acid groups (broad SMARTS) is 1. The van der Waals surface area contributed by atoms with Crippen LogP contribution in [0.3, 0.4) is 0 Å². The van der Waals surface area contributed by atoms with Gasteiger partial charge in [0.05, 0.1) is 6.61 Å². The van der Waals surface area contributed by atoms with Crippen LogP contribution >= 0.6 is 0 Å². The minimum Gasteiger partial charge on any atom is -0.870 e. The first kappa shape index (κ1) is 37.1. The molecule has 2 aromatic rings. The molecule has 38 heavy (non-hydrogen) atoms. The number of carbonyl (C=O) groups excluding carboxylic acids is 1. The van der Waals surface area contributed by atoms with Crippen LogP contribution in [0, 0.1) is 11.6 Å². The van der Waals surface area contributed by atoms with Crippen molar-refractivity contribution in [3.8, 4) is 11.5 Å². The first-order chi connectivity index (χ1) is 16.6. The zero-order valence-electron chi connectivity index (χ0n) is 20.0. The molecule has 0 heterocycles. The fraction of sp³-hybridized carbons (Fsp3) is 0.364. The van der Waals surface area contributed by atoms with Gasteiger partial charge in [-0.05, 0) is 55.2 Å². The molecule has 7 nitrogen and oxygen atoms in total. The van der Waals surface area contributed by atoms with E-state index in [1.807, 2.05) is 0 Å². The van der Waals surface area contributed by atoms with E-state index in [9.17, 15) is 44.7 Å². The molecule has 0 saturated heterocycles. The third-order valence-corrected chi connectivity index (χ3v) is 3.99. The zero-order valence-corrected chi connectivity index (χ0v) is 20.0. The summed E-state index contributed by atoms with van der Waals surface area (Å²) in [6, 6.07) is 5.88. The molecule has 0 radical (unpaired) electrons. The maximum absolute atomic E-state index is 13.3. The Morgan fingerprint density at radius 1 is 0.789 bits per heavy atom. The van der Waals surface area contributed by atoms with E-state index in [4.69, 9.17) is 5.11 Å². The van der Waals surface area contributed by atoms with Gasteiger partial charge >= 0.3 is 43.5 Å². The van der Waals surface area contributed by atoms with Gasteiger partial charge < -0.3 is 24.8 Å². The Labute approximate surface area is 223 Å². The van der Waals surface area contributed by atoms with Gasteiger partial charge in [-0.25, -0.2) is 8.78 Å². The second-order valence-electron chi connectivity index (χ2n) is 6.82. The molecule has 0 aromatic heterocycles. The number of carboxylic acids is 1. The number of carbonyl (C=O) groups is 2. The summed E-state index contributed by atoms with van der Waals surface area (Å²) in [7, 11) is 0. The van der Waals surface area contributed by atoms with Gasteiger partial charge in [-0.3, -0.25) is 9.59 Å². The predicted octanol–water partition coefficient (Wildman–Crippen LogP) is 2.79. The van der Waals surface area contributed by atoms with Gasteiger partial charge in [0.25, 0.3) is 0 Å². The normalized spacial score (nSPS) is 10.7. The van der Waals surface area contributed by atoms with Crippen molar-refractivity contribution >= 4 is 11.9 Å². The molecule has 0 aliphatic carbocycles. The van der Waals surface area contributed by atoms with Crippen molar-refractivity contribution in [1.29, 1.82) is 0 Å². The van der Waals surface area contributed by atoms with E-state index in [0.29, 0.717) is 11.1 Å². The average molecular weight is 556 g/mol. The Morgan fingerprint density at radius 2 is 1.18 bits per heavy atom. The Kier molecular flexibility index (Phi) is 16.4. The Balaban J connectivity index is 0. The molecule has 2 rings (SSSR count). The van der Waals surface area contributed by atoms with Crippen LogP contribution in [0.25, 0.3) is 0 Å². The van der Waals surface area contributed by atoms with Gasteiger partial charge in [-0.15, -0.1) is 26.3 Å². The van der Waals surface area contributed by atoms with Crippen molar-refractivity contribution in [3.63, 3.8) is 0 Å². The summed E-state index contributed by atoms with van der Waals surface area (Å²) < 4.78 is 109. The molecule has 208 valence electrons. The third-order valence-electron chi connectivity index (χ3n) is 3.99. The van der Waals surface area contributed by atoms with Crippen LogP contribution in [0.4, 0.5) is 35.1 Å². The van der Waals surface area contributed by atoms with Crippen molar-refractivity contribution in [3.05, 3.63) is 59.2 Å². The van der Waals surface area contributed by atoms with Crippen LogP contribution < -0.4 is 28.3 Å². The van der Waals surface area contributed by atoms with Crippen LogP contribution in [-0.2, 0) is 27.2 Å². The summed E-state index contributed by atoms with van der Waals surface area (Å²) in [5.41, 5.74) is 0.680. The van der Waals surface area contributed by atoms with E-state index in [1.54, 1.807) is 6.92 Å². The van der Waals surface area contributed by atoms with Gasteiger partial charge in [-0.1, -0.05) is 12.1 Å². The largest absolute Gasteiger partial charge is 1.00 e. The molecule has 16 heteroatoms.